The van der Waals surface area contributed by atoms with Crippen LogP contribution < -0.4 is 9.47 Å². The van der Waals surface area contributed by atoms with Crippen molar-refractivity contribution in [2.45, 2.75) is 59.0 Å². The lowest BCUT2D eigenvalue weighted by Crippen LogP contribution is -2.34. The summed E-state index contributed by atoms with van der Waals surface area (Å²) in [6.45, 7) is 9.67. The molecular weight excluding hydrogens is 264 g/mol. The fourth-order valence-electron chi connectivity index (χ4n) is 2.97. The Kier molecular flexibility index (Phi) is 4.82. The van der Waals surface area contributed by atoms with Gasteiger partial charge in [-0.1, -0.05) is 19.9 Å². The zero-order valence-corrected chi connectivity index (χ0v) is 13.7. The quantitative estimate of drug-likeness (QED) is 0.880. The minimum atomic E-state index is -0.730. The first-order valence-corrected chi connectivity index (χ1v) is 8.03. The molecule has 0 bridgehead atoms. The molecule has 1 fully saturated rings. The lowest BCUT2D eigenvalue weighted by Gasteiger charge is -2.40. The van der Waals surface area contributed by atoms with E-state index in [1.165, 1.54) is 0 Å². The van der Waals surface area contributed by atoms with Gasteiger partial charge in [0, 0.05) is 0 Å². The van der Waals surface area contributed by atoms with Crippen molar-refractivity contribution in [2.24, 2.45) is 5.41 Å². The molecule has 0 spiro atoms. The predicted molar refractivity (Wildman–Crippen MR) is 84.9 cm³/mol. The second-order valence-electron chi connectivity index (χ2n) is 6.72. The molecule has 1 aliphatic rings. The Morgan fingerprint density at radius 1 is 0.952 bits per heavy atom. The second-order valence-corrected chi connectivity index (χ2v) is 6.72. The maximum atomic E-state index is 11.0. The van der Waals surface area contributed by atoms with Crippen LogP contribution in [0.4, 0.5) is 0 Å². The monoisotopic (exact) mass is 292 g/mol. The Morgan fingerprint density at radius 3 is 2.10 bits per heavy atom. The third kappa shape index (κ3) is 3.70. The van der Waals surface area contributed by atoms with Crippen molar-refractivity contribution >= 4 is 0 Å². The number of benzene rings is 1. The van der Waals surface area contributed by atoms with Crippen molar-refractivity contribution in [1.29, 1.82) is 0 Å². The molecule has 118 valence electrons. The van der Waals surface area contributed by atoms with E-state index in [1.807, 2.05) is 32.0 Å². The molecule has 1 saturated carbocycles. The van der Waals surface area contributed by atoms with Crippen LogP contribution in [0.1, 0.15) is 58.9 Å². The third-order valence-corrected chi connectivity index (χ3v) is 4.51. The van der Waals surface area contributed by atoms with Gasteiger partial charge in [0.05, 0.1) is 18.8 Å². The second kappa shape index (κ2) is 6.27. The number of hydrogen-bond donors (Lipinski definition) is 1. The smallest absolute Gasteiger partial charge is 0.161 e. The maximum absolute atomic E-state index is 11.0. The highest BCUT2D eigenvalue weighted by Gasteiger charge is 2.38. The van der Waals surface area contributed by atoms with Crippen LogP contribution in [0.3, 0.4) is 0 Å². The molecule has 21 heavy (non-hydrogen) atoms. The number of ether oxygens (including phenoxy) is 2. The predicted octanol–water partition coefficient (Wildman–Crippen LogP) is 4.27. The van der Waals surface area contributed by atoms with Crippen LogP contribution in [0.15, 0.2) is 18.2 Å². The normalized spacial score (nSPS) is 20.0. The van der Waals surface area contributed by atoms with Crippen molar-refractivity contribution < 1.29 is 14.6 Å². The molecular formula is C18H28O3. The Bertz CT molecular complexity index is 469. The summed E-state index contributed by atoms with van der Waals surface area (Å²) < 4.78 is 11.3. The van der Waals surface area contributed by atoms with E-state index in [2.05, 4.69) is 13.8 Å². The minimum absolute atomic E-state index is 0.334. The lowest BCUT2D eigenvalue weighted by atomic mass is 9.69. The van der Waals surface area contributed by atoms with E-state index in [1.54, 1.807) is 0 Å². The summed E-state index contributed by atoms with van der Waals surface area (Å²) in [5.74, 6) is 1.48. The van der Waals surface area contributed by atoms with Crippen LogP contribution in [0, 0.1) is 5.41 Å². The van der Waals surface area contributed by atoms with Crippen molar-refractivity contribution in [3.8, 4) is 11.5 Å². The Labute approximate surface area is 128 Å². The molecule has 0 radical (unpaired) electrons. The van der Waals surface area contributed by atoms with E-state index in [0.29, 0.717) is 18.6 Å². The topological polar surface area (TPSA) is 38.7 Å². The van der Waals surface area contributed by atoms with Gasteiger partial charge in [0.15, 0.2) is 11.5 Å². The maximum Gasteiger partial charge on any atom is 0.161 e. The van der Waals surface area contributed by atoms with Gasteiger partial charge >= 0.3 is 0 Å². The SMILES string of the molecule is CCOc1ccc(C2(O)CCC(C)(C)CC2)cc1OCC. The van der Waals surface area contributed by atoms with E-state index >= 15 is 0 Å². The first-order valence-electron chi connectivity index (χ1n) is 8.03. The fraction of sp³-hybridized carbons (Fsp3) is 0.667. The average molecular weight is 292 g/mol. The van der Waals surface area contributed by atoms with Gasteiger partial charge in [0.1, 0.15) is 0 Å². The van der Waals surface area contributed by atoms with E-state index < -0.39 is 5.60 Å². The van der Waals surface area contributed by atoms with Gasteiger partial charge in [-0.2, -0.15) is 0 Å². The summed E-state index contributed by atoms with van der Waals surface area (Å²) >= 11 is 0. The summed E-state index contributed by atoms with van der Waals surface area (Å²) in [4.78, 5) is 0. The van der Waals surface area contributed by atoms with Crippen LogP contribution >= 0.6 is 0 Å². The van der Waals surface area contributed by atoms with Gasteiger partial charge < -0.3 is 14.6 Å². The Balaban J connectivity index is 2.25. The van der Waals surface area contributed by atoms with Crippen molar-refractivity contribution in [3.63, 3.8) is 0 Å². The molecule has 0 amide bonds. The van der Waals surface area contributed by atoms with E-state index in [-0.39, 0.29) is 0 Å². The van der Waals surface area contributed by atoms with Crippen LogP contribution in [-0.2, 0) is 5.60 Å². The molecule has 0 heterocycles. The van der Waals surface area contributed by atoms with Gasteiger partial charge in [-0.3, -0.25) is 0 Å². The van der Waals surface area contributed by atoms with Crippen molar-refractivity contribution in [1.82, 2.24) is 0 Å². The summed E-state index contributed by atoms with van der Waals surface area (Å²) in [6.07, 6.45) is 3.69. The highest BCUT2D eigenvalue weighted by atomic mass is 16.5. The molecule has 0 aliphatic heterocycles. The standard InChI is InChI=1S/C18H28O3/c1-5-20-15-8-7-14(13-16(15)21-6-2)18(19)11-9-17(3,4)10-12-18/h7-8,13,19H,5-6,9-12H2,1-4H3. The molecule has 3 nitrogen and oxygen atoms in total. The summed E-state index contributed by atoms with van der Waals surface area (Å²) in [5, 5.41) is 11.0. The first kappa shape index (κ1) is 16.2. The molecule has 1 aliphatic carbocycles. The van der Waals surface area contributed by atoms with Gasteiger partial charge in [-0.15, -0.1) is 0 Å². The van der Waals surface area contributed by atoms with E-state index in [4.69, 9.17) is 9.47 Å². The first-order chi connectivity index (χ1) is 9.90. The zero-order valence-electron chi connectivity index (χ0n) is 13.7. The number of rotatable bonds is 5. The third-order valence-electron chi connectivity index (χ3n) is 4.51. The van der Waals surface area contributed by atoms with Gasteiger partial charge in [0.2, 0.25) is 0 Å². The number of hydrogen-bond acceptors (Lipinski definition) is 3. The van der Waals surface area contributed by atoms with Crippen LogP contribution in [0.2, 0.25) is 0 Å². The molecule has 0 aromatic heterocycles. The summed E-state index contributed by atoms with van der Waals surface area (Å²) in [7, 11) is 0. The highest BCUT2D eigenvalue weighted by molar-refractivity contribution is 5.44. The lowest BCUT2D eigenvalue weighted by molar-refractivity contribution is -0.0307. The number of aliphatic hydroxyl groups is 1. The summed E-state index contributed by atoms with van der Waals surface area (Å²) in [5.41, 5.74) is 0.553. The van der Waals surface area contributed by atoms with Gasteiger partial charge in [-0.05, 0) is 62.6 Å². The zero-order chi connectivity index (χ0) is 15.5. The summed E-state index contributed by atoms with van der Waals surface area (Å²) in [6, 6.07) is 5.85. The molecule has 1 N–H and O–H groups in total. The largest absolute Gasteiger partial charge is 0.490 e. The molecule has 3 heteroatoms. The Hall–Kier alpha value is -1.22. The molecule has 0 atom stereocenters. The van der Waals surface area contributed by atoms with Crippen LogP contribution in [0.5, 0.6) is 11.5 Å². The molecule has 2 rings (SSSR count). The van der Waals surface area contributed by atoms with Gasteiger partial charge in [0.25, 0.3) is 0 Å². The molecule has 0 unspecified atom stereocenters. The van der Waals surface area contributed by atoms with Gasteiger partial charge in [-0.25, -0.2) is 0 Å². The fourth-order valence-corrected chi connectivity index (χ4v) is 2.97. The average Bonchev–Trinajstić information content (AvgIpc) is 2.45. The van der Waals surface area contributed by atoms with E-state index in [9.17, 15) is 5.11 Å². The van der Waals surface area contributed by atoms with Crippen LogP contribution in [0.25, 0.3) is 0 Å². The highest BCUT2D eigenvalue weighted by Crippen LogP contribution is 2.46. The van der Waals surface area contributed by atoms with Crippen molar-refractivity contribution in [3.05, 3.63) is 23.8 Å². The molecule has 1 aromatic carbocycles. The van der Waals surface area contributed by atoms with Crippen LogP contribution in [-0.4, -0.2) is 18.3 Å². The molecule has 0 saturated heterocycles. The minimum Gasteiger partial charge on any atom is -0.490 e. The van der Waals surface area contributed by atoms with Crippen molar-refractivity contribution in [2.75, 3.05) is 13.2 Å². The molecule has 1 aromatic rings. The Morgan fingerprint density at radius 2 is 1.52 bits per heavy atom. The van der Waals surface area contributed by atoms with E-state index in [0.717, 1.165) is 42.7 Å².